The summed E-state index contributed by atoms with van der Waals surface area (Å²) in [4.78, 5) is 2.60. The van der Waals surface area contributed by atoms with Crippen LogP contribution < -0.4 is 5.32 Å². The van der Waals surface area contributed by atoms with Crippen LogP contribution >= 0.6 is 0 Å². The minimum Gasteiger partial charge on any atom is -0.382 e. The molecule has 114 valence electrons. The Bertz CT molecular complexity index is 569. The monoisotopic (exact) mass is 286 g/mol. The number of anilines is 1. The van der Waals surface area contributed by atoms with Crippen molar-refractivity contribution in [3.8, 4) is 0 Å². The van der Waals surface area contributed by atoms with E-state index in [1.165, 1.54) is 50.0 Å². The number of nitrogens with zero attached hydrogens (tertiary/aromatic N) is 2. The number of hydrogen-bond donors (Lipinski definition) is 2. The summed E-state index contributed by atoms with van der Waals surface area (Å²) in [6.07, 6.45) is 5.75. The fraction of sp³-hybridized carbons (Fsp3) is 0.588. The molecule has 2 N–H and O–H groups in total. The largest absolute Gasteiger partial charge is 0.382 e. The van der Waals surface area contributed by atoms with Crippen molar-refractivity contribution < 1.29 is 0 Å². The summed E-state index contributed by atoms with van der Waals surface area (Å²) in [6, 6.07) is 6.96. The van der Waals surface area contributed by atoms with E-state index in [2.05, 4.69) is 52.5 Å². The van der Waals surface area contributed by atoms with E-state index < -0.39 is 0 Å². The van der Waals surface area contributed by atoms with Crippen LogP contribution in [0, 0.1) is 5.92 Å². The Morgan fingerprint density at radius 1 is 1.38 bits per heavy atom. The molecular weight excluding hydrogens is 260 g/mol. The molecule has 0 bridgehead atoms. The third-order valence-corrected chi connectivity index (χ3v) is 4.72. The van der Waals surface area contributed by atoms with E-state index in [9.17, 15) is 0 Å². The van der Waals surface area contributed by atoms with Gasteiger partial charge in [0, 0.05) is 17.1 Å². The number of rotatable bonds is 5. The fourth-order valence-corrected chi connectivity index (χ4v) is 3.40. The minimum atomic E-state index is 0.522. The molecule has 1 aromatic carbocycles. The second-order valence-electron chi connectivity index (χ2n) is 6.28. The Balaban J connectivity index is 1.57. The summed E-state index contributed by atoms with van der Waals surface area (Å²) in [6.45, 7) is 8.35. The molecule has 0 saturated carbocycles. The van der Waals surface area contributed by atoms with Crippen molar-refractivity contribution in [2.24, 2.45) is 5.92 Å². The third kappa shape index (κ3) is 3.38. The Morgan fingerprint density at radius 3 is 2.95 bits per heavy atom. The topological polar surface area (TPSA) is 44.0 Å². The van der Waals surface area contributed by atoms with Crippen LogP contribution in [0.3, 0.4) is 0 Å². The highest BCUT2D eigenvalue weighted by Gasteiger charge is 2.23. The SMILES string of the molecule is CCCN1CCC(C(C)Nc2ccc3cn[nH]c3c2)CC1. The number of aromatic amines is 1. The molecule has 21 heavy (non-hydrogen) atoms. The van der Waals surface area contributed by atoms with Crippen LogP contribution in [0.1, 0.15) is 33.1 Å². The van der Waals surface area contributed by atoms with E-state index in [1.54, 1.807) is 0 Å². The van der Waals surface area contributed by atoms with E-state index in [-0.39, 0.29) is 0 Å². The van der Waals surface area contributed by atoms with Crippen molar-refractivity contribution in [2.75, 3.05) is 25.0 Å². The standard InChI is InChI=1S/C17H26N4/c1-3-8-21-9-6-14(7-10-21)13(2)19-16-5-4-15-12-18-20-17(15)11-16/h4-5,11-14,19H,3,6-10H2,1-2H3,(H,18,20). The van der Waals surface area contributed by atoms with Gasteiger partial charge in [-0.15, -0.1) is 0 Å². The number of piperidine rings is 1. The molecule has 2 aromatic rings. The van der Waals surface area contributed by atoms with Crippen molar-refractivity contribution in [1.82, 2.24) is 15.1 Å². The normalized spacial score (nSPS) is 19.0. The van der Waals surface area contributed by atoms with Crippen LogP contribution in [0.15, 0.2) is 24.4 Å². The highest BCUT2D eigenvalue weighted by molar-refractivity contribution is 5.81. The summed E-state index contributed by atoms with van der Waals surface area (Å²) >= 11 is 0. The summed E-state index contributed by atoms with van der Waals surface area (Å²) in [5.74, 6) is 0.774. The molecule has 2 heterocycles. The van der Waals surface area contributed by atoms with Crippen LogP contribution in [0.5, 0.6) is 0 Å². The van der Waals surface area contributed by atoms with E-state index in [4.69, 9.17) is 0 Å². The maximum atomic E-state index is 4.08. The smallest absolute Gasteiger partial charge is 0.0670 e. The van der Waals surface area contributed by atoms with Crippen LogP contribution in [0.2, 0.25) is 0 Å². The molecule has 3 rings (SSSR count). The molecule has 0 aliphatic carbocycles. The lowest BCUT2D eigenvalue weighted by Gasteiger charge is -2.35. The van der Waals surface area contributed by atoms with Gasteiger partial charge in [0.1, 0.15) is 0 Å². The highest BCUT2D eigenvalue weighted by atomic mass is 15.1. The summed E-state index contributed by atoms with van der Waals surface area (Å²) in [5, 5.41) is 12.0. The van der Waals surface area contributed by atoms with Crippen molar-refractivity contribution in [2.45, 2.75) is 39.2 Å². The Labute approximate surface area is 126 Å². The van der Waals surface area contributed by atoms with Gasteiger partial charge in [-0.05, 0) is 69.9 Å². The summed E-state index contributed by atoms with van der Waals surface area (Å²) < 4.78 is 0. The predicted molar refractivity (Wildman–Crippen MR) is 88.6 cm³/mol. The average molecular weight is 286 g/mol. The molecule has 4 nitrogen and oxygen atoms in total. The van der Waals surface area contributed by atoms with Gasteiger partial charge < -0.3 is 10.2 Å². The average Bonchev–Trinajstić information content (AvgIpc) is 2.96. The van der Waals surface area contributed by atoms with E-state index in [0.717, 1.165) is 11.4 Å². The molecule has 1 atom stereocenters. The first-order valence-corrected chi connectivity index (χ1v) is 8.18. The predicted octanol–water partition coefficient (Wildman–Crippen LogP) is 3.49. The van der Waals surface area contributed by atoms with Gasteiger partial charge in [-0.2, -0.15) is 5.10 Å². The molecule has 1 aliphatic rings. The second kappa shape index (κ2) is 6.48. The zero-order chi connectivity index (χ0) is 14.7. The number of likely N-dealkylation sites (tertiary alicyclic amines) is 1. The van der Waals surface area contributed by atoms with Gasteiger partial charge in [-0.3, -0.25) is 5.10 Å². The second-order valence-corrected chi connectivity index (χ2v) is 6.28. The van der Waals surface area contributed by atoms with E-state index in [0.29, 0.717) is 6.04 Å². The number of hydrogen-bond acceptors (Lipinski definition) is 3. The minimum absolute atomic E-state index is 0.522. The lowest BCUT2D eigenvalue weighted by atomic mass is 9.90. The highest BCUT2D eigenvalue weighted by Crippen LogP contribution is 2.24. The van der Waals surface area contributed by atoms with Gasteiger partial charge in [-0.1, -0.05) is 6.92 Å². The zero-order valence-electron chi connectivity index (χ0n) is 13.1. The maximum Gasteiger partial charge on any atom is 0.0670 e. The molecule has 1 unspecified atom stereocenters. The molecular formula is C17H26N4. The van der Waals surface area contributed by atoms with Gasteiger partial charge in [0.15, 0.2) is 0 Å². The number of nitrogens with one attached hydrogen (secondary N) is 2. The molecule has 0 radical (unpaired) electrons. The first-order valence-electron chi connectivity index (χ1n) is 8.18. The maximum absolute atomic E-state index is 4.08. The summed E-state index contributed by atoms with van der Waals surface area (Å²) in [5.41, 5.74) is 2.29. The lowest BCUT2D eigenvalue weighted by molar-refractivity contribution is 0.176. The van der Waals surface area contributed by atoms with Gasteiger partial charge >= 0.3 is 0 Å². The Hall–Kier alpha value is -1.55. The number of benzene rings is 1. The van der Waals surface area contributed by atoms with Crippen LogP contribution in [-0.4, -0.2) is 40.8 Å². The third-order valence-electron chi connectivity index (χ3n) is 4.72. The van der Waals surface area contributed by atoms with Crippen LogP contribution in [0.25, 0.3) is 10.9 Å². The van der Waals surface area contributed by atoms with Gasteiger partial charge in [0.05, 0.1) is 11.7 Å². The number of aromatic nitrogens is 2. The zero-order valence-corrected chi connectivity index (χ0v) is 13.1. The Kier molecular flexibility index (Phi) is 4.44. The molecule has 1 saturated heterocycles. The fourth-order valence-electron chi connectivity index (χ4n) is 3.40. The van der Waals surface area contributed by atoms with Crippen molar-refractivity contribution in [3.05, 3.63) is 24.4 Å². The van der Waals surface area contributed by atoms with Crippen molar-refractivity contribution >= 4 is 16.6 Å². The summed E-state index contributed by atoms with van der Waals surface area (Å²) in [7, 11) is 0. The number of H-pyrrole nitrogens is 1. The van der Waals surface area contributed by atoms with Gasteiger partial charge in [-0.25, -0.2) is 0 Å². The molecule has 1 aromatic heterocycles. The van der Waals surface area contributed by atoms with Crippen molar-refractivity contribution in [3.63, 3.8) is 0 Å². The molecule has 0 amide bonds. The number of fused-ring (bicyclic) bond motifs is 1. The van der Waals surface area contributed by atoms with Crippen molar-refractivity contribution in [1.29, 1.82) is 0 Å². The molecule has 0 spiro atoms. The van der Waals surface area contributed by atoms with Gasteiger partial charge in [0.25, 0.3) is 0 Å². The van der Waals surface area contributed by atoms with E-state index in [1.807, 2.05) is 6.20 Å². The van der Waals surface area contributed by atoms with Crippen LogP contribution in [0.4, 0.5) is 5.69 Å². The van der Waals surface area contributed by atoms with Gasteiger partial charge in [0.2, 0.25) is 0 Å². The van der Waals surface area contributed by atoms with Crippen LogP contribution in [-0.2, 0) is 0 Å². The lowest BCUT2D eigenvalue weighted by Crippen LogP contribution is -2.39. The molecule has 1 fully saturated rings. The molecule has 4 heteroatoms. The Morgan fingerprint density at radius 2 is 2.19 bits per heavy atom. The molecule has 1 aliphatic heterocycles. The first-order chi connectivity index (χ1) is 10.3. The van der Waals surface area contributed by atoms with E-state index >= 15 is 0 Å². The first kappa shape index (κ1) is 14.4. The quantitative estimate of drug-likeness (QED) is 0.884.